The summed E-state index contributed by atoms with van der Waals surface area (Å²) in [4.78, 5) is 20.5. The van der Waals surface area contributed by atoms with E-state index in [1.54, 1.807) is 29.7 Å². The lowest BCUT2D eigenvalue weighted by Crippen LogP contribution is -2.15. The maximum Gasteiger partial charge on any atom is 0.126 e. The van der Waals surface area contributed by atoms with Gasteiger partial charge in [-0.25, -0.2) is 14.4 Å². The molecule has 7 heteroatoms. The van der Waals surface area contributed by atoms with Gasteiger partial charge in [-0.05, 0) is 61.6 Å². The number of fused-ring (bicyclic) bond motifs is 1. The molecule has 33 heavy (non-hydrogen) atoms. The van der Waals surface area contributed by atoms with E-state index in [1.807, 2.05) is 31.3 Å². The van der Waals surface area contributed by atoms with E-state index in [1.165, 1.54) is 11.6 Å². The van der Waals surface area contributed by atoms with Gasteiger partial charge in [-0.3, -0.25) is 4.98 Å². The number of rotatable bonds is 6. The number of thiazole rings is 1. The average Bonchev–Trinajstić information content (AvgIpc) is 3.25. The maximum absolute atomic E-state index is 13.8. The molecule has 1 aromatic carbocycles. The van der Waals surface area contributed by atoms with Gasteiger partial charge in [0.2, 0.25) is 0 Å². The van der Waals surface area contributed by atoms with Crippen molar-refractivity contribution < 1.29 is 9.23 Å². The van der Waals surface area contributed by atoms with Gasteiger partial charge in [-0.2, -0.15) is 0 Å². The van der Waals surface area contributed by atoms with Gasteiger partial charge in [0.05, 0.1) is 22.0 Å². The summed E-state index contributed by atoms with van der Waals surface area (Å²) in [7, 11) is 0. The van der Waals surface area contributed by atoms with Gasteiger partial charge in [0.1, 0.15) is 23.1 Å². The second-order valence-electron chi connectivity index (χ2n) is 7.95. The molecule has 3 heterocycles. The molecular weight excluding hydrogens is 435 g/mol. The highest BCUT2D eigenvalue weighted by molar-refractivity contribution is 7.18. The van der Waals surface area contributed by atoms with Crippen LogP contribution in [0.1, 0.15) is 35.4 Å². The molecule has 1 aliphatic carbocycles. The maximum atomic E-state index is 13.8. The van der Waals surface area contributed by atoms with Gasteiger partial charge in [-0.1, -0.05) is 29.4 Å². The molecule has 0 amide bonds. The quantitative estimate of drug-likeness (QED) is 0.262. The van der Waals surface area contributed by atoms with Crippen LogP contribution in [0.2, 0.25) is 0 Å². The van der Waals surface area contributed by atoms with Gasteiger partial charge in [-0.15, -0.1) is 11.3 Å². The summed E-state index contributed by atoms with van der Waals surface area (Å²) >= 11 is 1.62. The van der Waals surface area contributed by atoms with Crippen LogP contribution < -0.4 is 0 Å². The van der Waals surface area contributed by atoms with E-state index in [0.29, 0.717) is 18.6 Å². The number of hydrogen-bond acceptors (Lipinski definition) is 6. The van der Waals surface area contributed by atoms with Gasteiger partial charge in [0.15, 0.2) is 0 Å². The first kappa shape index (κ1) is 21.4. The molecule has 0 radical (unpaired) electrons. The minimum atomic E-state index is -0.214. The molecule has 3 aromatic heterocycles. The third kappa shape index (κ3) is 4.68. The molecule has 0 N–H and O–H groups in total. The minimum absolute atomic E-state index is 0.214. The number of aryl methyl sites for hydroxylation is 2. The Morgan fingerprint density at radius 2 is 1.97 bits per heavy atom. The van der Waals surface area contributed by atoms with Crippen LogP contribution >= 0.6 is 11.3 Å². The van der Waals surface area contributed by atoms with E-state index in [4.69, 9.17) is 14.8 Å². The molecule has 0 atom stereocenters. The van der Waals surface area contributed by atoms with Gasteiger partial charge in [0, 0.05) is 24.4 Å². The lowest BCUT2D eigenvalue weighted by atomic mass is 9.94. The fourth-order valence-electron chi connectivity index (χ4n) is 3.95. The highest BCUT2D eigenvalue weighted by atomic mass is 32.1. The zero-order valence-corrected chi connectivity index (χ0v) is 19.1. The molecule has 0 bridgehead atoms. The summed E-state index contributed by atoms with van der Waals surface area (Å²) in [6.45, 7) is 2.33. The summed E-state index contributed by atoms with van der Waals surface area (Å²) in [5.74, 6) is -0.214. The summed E-state index contributed by atoms with van der Waals surface area (Å²) in [5, 5.41) is 5.32. The largest absolute Gasteiger partial charge is 0.395 e. The molecule has 0 unspecified atom stereocenters. The standard InChI is InChI=1S/C26H23FN4OS/c1-17-25(33-26(29-17)20-8-5-14-28-16-20)23-12-11-19-7-4-10-22(24(19)30-23)31-32-15-13-18-6-2-3-9-21(18)27/h2-3,5-6,8-9,11-12,14,16H,4,7,10,13,15H2,1H3/b31-22+. The van der Waals surface area contributed by atoms with Gasteiger partial charge in [0.25, 0.3) is 0 Å². The van der Waals surface area contributed by atoms with Crippen LogP contribution in [0.5, 0.6) is 0 Å². The number of oxime groups is 1. The Morgan fingerprint density at radius 1 is 1.06 bits per heavy atom. The van der Waals surface area contributed by atoms with Crippen LogP contribution in [-0.4, -0.2) is 27.3 Å². The van der Waals surface area contributed by atoms with Crippen molar-refractivity contribution in [1.29, 1.82) is 0 Å². The van der Waals surface area contributed by atoms with E-state index < -0.39 is 0 Å². The first-order valence-corrected chi connectivity index (χ1v) is 11.8. The topological polar surface area (TPSA) is 60.3 Å². The zero-order chi connectivity index (χ0) is 22.6. The second kappa shape index (κ2) is 9.58. The lowest BCUT2D eigenvalue weighted by Gasteiger charge is -2.17. The molecule has 0 saturated heterocycles. The van der Waals surface area contributed by atoms with E-state index in [-0.39, 0.29) is 5.82 Å². The smallest absolute Gasteiger partial charge is 0.126 e. The molecule has 5 rings (SSSR count). The molecule has 166 valence electrons. The minimum Gasteiger partial charge on any atom is -0.395 e. The van der Waals surface area contributed by atoms with Crippen LogP contribution in [0.25, 0.3) is 21.1 Å². The van der Waals surface area contributed by atoms with Crippen molar-refractivity contribution in [3.05, 3.63) is 89.3 Å². The number of benzene rings is 1. The van der Waals surface area contributed by atoms with Crippen molar-refractivity contribution in [2.45, 2.75) is 32.6 Å². The summed E-state index contributed by atoms with van der Waals surface area (Å²) in [5.41, 5.74) is 6.38. The monoisotopic (exact) mass is 458 g/mol. The third-order valence-electron chi connectivity index (χ3n) is 5.64. The number of aromatic nitrogens is 3. The predicted molar refractivity (Wildman–Crippen MR) is 129 cm³/mol. The van der Waals surface area contributed by atoms with Crippen LogP contribution in [0.3, 0.4) is 0 Å². The molecule has 5 nitrogen and oxygen atoms in total. The van der Waals surface area contributed by atoms with Crippen LogP contribution in [0.4, 0.5) is 4.39 Å². The molecule has 0 spiro atoms. The van der Waals surface area contributed by atoms with Crippen LogP contribution in [0.15, 0.2) is 66.1 Å². The Hall–Kier alpha value is -3.45. The van der Waals surface area contributed by atoms with Crippen LogP contribution in [-0.2, 0) is 17.7 Å². The molecule has 1 aliphatic rings. The van der Waals surface area contributed by atoms with E-state index >= 15 is 0 Å². The molecular formula is C26H23FN4OS. The zero-order valence-electron chi connectivity index (χ0n) is 18.3. The highest BCUT2D eigenvalue weighted by Crippen LogP contribution is 2.35. The van der Waals surface area contributed by atoms with Crippen molar-refractivity contribution in [2.24, 2.45) is 5.16 Å². The fraction of sp³-hybridized carbons (Fsp3) is 0.231. The Balaban J connectivity index is 1.37. The number of pyridine rings is 2. The normalized spacial score (nSPS) is 14.3. The van der Waals surface area contributed by atoms with E-state index in [2.05, 4.69) is 22.3 Å². The van der Waals surface area contributed by atoms with Gasteiger partial charge >= 0.3 is 0 Å². The Morgan fingerprint density at radius 3 is 2.82 bits per heavy atom. The summed E-state index contributed by atoms with van der Waals surface area (Å²) in [6, 6.07) is 14.9. The van der Waals surface area contributed by atoms with Gasteiger partial charge < -0.3 is 4.84 Å². The first-order chi connectivity index (χ1) is 16.2. The summed E-state index contributed by atoms with van der Waals surface area (Å²) < 4.78 is 13.8. The van der Waals surface area contributed by atoms with Crippen LogP contribution in [0, 0.1) is 12.7 Å². The Labute approximate surface area is 196 Å². The van der Waals surface area contributed by atoms with Crippen molar-refractivity contribution in [2.75, 3.05) is 6.61 Å². The molecule has 0 aliphatic heterocycles. The average molecular weight is 459 g/mol. The summed E-state index contributed by atoms with van der Waals surface area (Å²) in [6.07, 6.45) is 6.85. The Bertz CT molecular complexity index is 1300. The van der Waals surface area contributed by atoms with Crippen molar-refractivity contribution in [1.82, 2.24) is 15.0 Å². The van der Waals surface area contributed by atoms with Crippen molar-refractivity contribution in [3.8, 4) is 21.1 Å². The third-order valence-corrected chi connectivity index (χ3v) is 6.87. The Kier molecular flexibility index (Phi) is 6.21. The van der Waals surface area contributed by atoms with Crippen molar-refractivity contribution in [3.63, 3.8) is 0 Å². The van der Waals surface area contributed by atoms with E-state index in [0.717, 1.165) is 57.5 Å². The van der Waals surface area contributed by atoms with Crippen molar-refractivity contribution >= 4 is 17.0 Å². The highest BCUT2D eigenvalue weighted by Gasteiger charge is 2.21. The van der Waals surface area contributed by atoms with E-state index in [9.17, 15) is 4.39 Å². The fourth-order valence-corrected chi connectivity index (χ4v) is 4.97. The first-order valence-electron chi connectivity index (χ1n) is 11.0. The second-order valence-corrected chi connectivity index (χ2v) is 8.94. The number of halogens is 1. The molecule has 0 fully saturated rings. The number of hydrogen-bond donors (Lipinski definition) is 0. The molecule has 4 aromatic rings. The predicted octanol–water partition coefficient (Wildman–Crippen LogP) is 6.01. The SMILES string of the molecule is Cc1nc(-c2cccnc2)sc1-c1ccc2c(n1)/C(=N/OCCc1ccccc1F)CCC2. The number of nitrogens with zero attached hydrogens (tertiary/aromatic N) is 4. The lowest BCUT2D eigenvalue weighted by molar-refractivity contribution is 0.146. The molecule has 0 saturated carbocycles.